The molecule has 0 saturated carbocycles. The maximum Gasteiger partial charge on any atom is 0.235 e. The summed E-state index contributed by atoms with van der Waals surface area (Å²) in [7, 11) is 1.78. The van der Waals surface area contributed by atoms with E-state index in [0.717, 1.165) is 25.9 Å². The van der Waals surface area contributed by atoms with Gasteiger partial charge in [-0.2, -0.15) is 0 Å². The number of carbonyl (C=O) groups excluding carboxylic acids is 1. The third kappa shape index (κ3) is 3.22. The van der Waals surface area contributed by atoms with Gasteiger partial charge < -0.3 is 4.90 Å². The molecular formula is C11H19N5OS. The molecule has 1 atom stereocenters. The van der Waals surface area contributed by atoms with Gasteiger partial charge in [0.2, 0.25) is 11.1 Å². The lowest BCUT2D eigenvalue weighted by Crippen LogP contribution is -2.37. The number of likely N-dealkylation sites (tertiary alicyclic amines) is 1. The summed E-state index contributed by atoms with van der Waals surface area (Å²) in [5, 5.41) is 11.8. The van der Waals surface area contributed by atoms with Crippen LogP contribution in [0.2, 0.25) is 0 Å². The second-order valence-electron chi connectivity index (χ2n) is 4.58. The van der Waals surface area contributed by atoms with Crippen LogP contribution in [0.25, 0.3) is 0 Å². The van der Waals surface area contributed by atoms with Gasteiger partial charge in [0.25, 0.3) is 0 Å². The standard InChI is InChI=1S/C11H19N5OS/c1-9(18-11-12-13-14-15(11)2)10(17)16-7-5-3-4-6-8-16/h9H,3-8H2,1-2H3. The lowest BCUT2D eigenvalue weighted by molar-refractivity contribution is -0.130. The second-order valence-corrected chi connectivity index (χ2v) is 5.89. The third-order valence-corrected chi connectivity index (χ3v) is 4.24. The number of amides is 1. The van der Waals surface area contributed by atoms with Crippen molar-refractivity contribution in [2.24, 2.45) is 7.05 Å². The van der Waals surface area contributed by atoms with Crippen molar-refractivity contribution in [1.82, 2.24) is 25.1 Å². The number of carbonyl (C=O) groups is 1. The summed E-state index contributed by atoms with van der Waals surface area (Å²) < 4.78 is 1.59. The van der Waals surface area contributed by atoms with Crippen LogP contribution in [0.1, 0.15) is 32.6 Å². The molecule has 0 N–H and O–H groups in total. The summed E-state index contributed by atoms with van der Waals surface area (Å²) in [6.45, 7) is 3.70. The topological polar surface area (TPSA) is 63.9 Å². The van der Waals surface area contributed by atoms with Crippen LogP contribution in [-0.2, 0) is 11.8 Å². The van der Waals surface area contributed by atoms with Gasteiger partial charge in [-0.1, -0.05) is 24.6 Å². The average molecular weight is 269 g/mol. The molecule has 1 aliphatic rings. The molecule has 0 aromatic carbocycles. The second kappa shape index (κ2) is 6.17. The average Bonchev–Trinajstić information content (AvgIpc) is 2.63. The van der Waals surface area contributed by atoms with Gasteiger partial charge in [-0.25, -0.2) is 4.68 Å². The van der Waals surface area contributed by atoms with E-state index in [1.54, 1.807) is 11.7 Å². The van der Waals surface area contributed by atoms with E-state index < -0.39 is 0 Å². The van der Waals surface area contributed by atoms with E-state index in [1.807, 2.05) is 11.8 Å². The van der Waals surface area contributed by atoms with Crippen LogP contribution in [0.3, 0.4) is 0 Å². The lowest BCUT2D eigenvalue weighted by atomic mass is 10.2. The van der Waals surface area contributed by atoms with Crippen molar-refractivity contribution in [3.05, 3.63) is 0 Å². The highest BCUT2D eigenvalue weighted by atomic mass is 32.2. The van der Waals surface area contributed by atoms with Crippen LogP contribution in [0.4, 0.5) is 0 Å². The Morgan fingerprint density at radius 3 is 2.50 bits per heavy atom. The number of aryl methyl sites for hydroxylation is 1. The molecule has 7 heteroatoms. The van der Waals surface area contributed by atoms with Crippen LogP contribution in [-0.4, -0.2) is 49.4 Å². The van der Waals surface area contributed by atoms with E-state index in [2.05, 4.69) is 15.5 Å². The number of aromatic nitrogens is 4. The Bertz CT molecular complexity index is 400. The molecule has 100 valence electrons. The van der Waals surface area contributed by atoms with Crippen molar-refractivity contribution in [3.8, 4) is 0 Å². The first-order chi connectivity index (χ1) is 8.68. The van der Waals surface area contributed by atoms with Crippen LogP contribution in [0.5, 0.6) is 0 Å². The van der Waals surface area contributed by atoms with Crippen molar-refractivity contribution in [1.29, 1.82) is 0 Å². The van der Waals surface area contributed by atoms with Crippen LogP contribution < -0.4 is 0 Å². The smallest absolute Gasteiger partial charge is 0.235 e. The van der Waals surface area contributed by atoms with Gasteiger partial charge in [0.05, 0.1) is 5.25 Å². The minimum absolute atomic E-state index is 0.132. The minimum Gasteiger partial charge on any atom is -0.342 e. The van der Waals surface area contributed by atoms with Gasteiger partial charge in [-0.3, -0.25) is 4.79 Å². The summed E-state index contributed by atoms with van der Waals surface area (Å²) >= 11 is 1.42. The quantitative estimate of drug-likeness (QED) is 0.769. The maximum atomic E-state index is 12.3. The van der Waals surface area contributed by atoms with Crippen molar-refractivity contribution in [2.75, 3.05) is 13.1 Å². The Hall–Kier alpha value is -1.11. The number of tetrazole rings is 1. The van der Waals surface area contributed by atoms with Gasteiger partial charge in [0.1, 0.15) is 0 Å². The molecular weight excluding hydrogens is 250 g/mol. The first-order valence-corrected chi connectivity index (χ1v) is 7.24. The molecule has 1 aromatic rings. The zero-order valence-corrected chi connectivity index (χ0v) is 11.7. The molecule has 0 bridgehead atoms. The molecule has 0 aliphatic carbocycles. The number of rotatable bonds is 3. The SMILES string of the molecule is CC(Sc1nnnn1C)C(=O)N1CCCCCC1. The van der Waals surface area contributed by atoms with Crippen molar-refractivity contribution in [2.45, 2.75) is 43.0 Å². The molecule has 1 fully saturated rings. The van der Waals surface area contributed by atoms with E-state index in [4.69, 9.17) is 0 Å². The van der Waals surface area contributed by atoms with Gasteiger partial charge in [-0.05, 0) is 30.2 Å². The minimum atomic E-state index is -0.132. The Kier molecular flexibility index (Phi) is 4.57. The summed E-state index contributed by atoms with van der Waals surface area (Å²) in [6.07, 6.45) is 4.71. The monoisotopic (exact) mass is 269 g/mol. The van der Waals surface area contributed by atoms with Crippen molar-refractivity contribution < 1.29 is 4.79 Å². The zero-order chi connectivity index (χ0) is 13.0. The van der Waals surface area contributed by atoms with Gasteiger partial charge in [0.15, 0.2) is 0 Å². The largest absolute Gasteiger partial charge is 0.342 e. The number of hydrogen-bond acceptors (Lipinski definition) is 5. The summed E-state index contributed by atoms with van der Waals surface area (Å²) in [5.74, 6) is 0.199. The van der Waals surface area contributed by atoms with Gasteiger partial charge in [-0.15, -0.1) is 5.10 Å². The highest BCUT2D eigenvalue weighted by Gasteiger charge is 2.23. The highest BCUT2D eigenvalue weighted by molar-refractivity contribution is 8.00. The summed E-state index contributed by atoms with van der Waals surface area (Å²) in [4.78, 5) is 14.3. The summed E-state index contributed by atoms with van der Waals surface area (Å²) in [6, 6.07) is 0. The molecule has 2 rings (SSSR count). The van der Waals surface area contributed by atoms with Crippen molar-refractivity contribution >= 4 is 17.7 Å². The molecule has 1 aliphatic heterocycles. The Labute approximate surface area is 111 Å². The molecule has 1 saturated heterocycles. The number of hydrogen-bond donors (Lipinski definition) is 0. The molecule has 0 spiro atoms. The van der Waals surface area contributed by atoms with Crippen LogP contribution in [0, 0.1) is 0 Å². The molecule has 2 heterocycles. The van der Waals surface area contributed by atoms with E-state index in [9.17, 15) is 4.79 Å². The lowest BCUT2D eigenvalue weighted by Gasteiger charge is -2.23. The zero-order valence-electron chi connectivity index (χ0n) is 10.9. The normalized spacial score (nSPS) is 18.4. The van der Waals surface area contributed by atoms with E-state index in [-0.39, 0.29) is 11.2 Å². The fourth-order valence-electron chi connectivity index (χ4n) is 2.08. The maximum absolute atomic E-state index is 12.3. The Morgan fingerprint density at radius 2 is 1.94 bits per heavy atom. The van der Waals surface area contributed by atoms with Gasteiger partial charge in [0, 0.05) is 20.1 Å². The van der Waals surface area contributed by atoms with E-state index in [1.165, 1.54) is 24.6 Å². The molecule has 18 heavy (non-hydrogen) atoms. The molecule has 1 aromatic heterocycles. The fraction of sp³-hybridized carbons (Fsp3) is 0.818. The predicted octanol–water partition coefficient (Wildman–Crippen LogP) is 1.09. The Morgan fingerprint density at radius 1 is 1.28 bits per heavy atom. The number of thioether (sulfide) groups is 1. The first kappa shape index (κ1) is 13.3. The summed E-state index contributed by atoms with van der Waals surface area (Å²) in [5.41, 5.74) is 0. The first-order valence-electron chi connectivity index (χ1n) is 6.36. The molecule has 6 nitrogen and oxygen atoms in total. The van der Waals surface area contributed by atoms with E-state index >= 15 is 0 Å². The predicted molar refractivity (Wildman–Crippen MR) is 69.2 cm³/mol. The Balaban J connectivity index is 1.93. The van der Waals surface area contributed by atoms with Gasteiger partial charge >= 0.3 is 0 Å². The van der Waals surface area contributed by atoms with E-state index in [0.29, 0.717) is 5.16 Å². The van der Waals surface area contributed by atoms with Crippen molar-refractivity contribution in [3.63, 3.8) is 0 Å². The van der Waals surface area contributed by atoms with Crippen LogP contribution in [0.15, 0.2) is 5.16 Å². The number of nitrogens with zero attached hydrogens (tertiary/aromatic N) is 5. The molecule has 1 amide bonds. The fourth-order valence-corrected chi connectivity index (χ4v) is 2.92. The molecule has 0 radical (unpaired) electrons. The third-order valence-electron chi connectivity index (χ3n) is 3.13. The van der Waals surface area contributed by atoms with Crippen LogP contribution >= 0.6 is 11.8 Å². The molecule has 1 unspecified atom stereocenters. The highest BCUT2D eigenvalue weighted by Crippen LogP contribution is 2.22.